The monoisotopic (exact) mass is 250 g/mol. The maximum atomic E-state index is 11.3. The van der Waals surface area contributed by atoms with E-state index in [9.17, 15) is 9.90 Å². The molecule has 0 spiro atoms. The highest BCUT2D eigenvalue weighted by Crippen LogP contribution is 2.31. The molecule has 0 unspecified atom stereocenters. The summed E-state index contributed by atoms with van der Waals surface area (Å²) >= 11 is 0. The van der Waals surface area contributed by atoms with E-state index < -0.39 is 0 Å². The fraction of sp³-hybridized carbons (Fsp3) is 0.583. The topological polar surface area (TPSA) is 87.1 Å². The lowest BCUT2D eigenvalue weighted by atomic mass is 9.99. The van der Waals surface area contributed by atoms with E-state index >= 15 is 0 Å². The Kier molecular flexibility index (Phi) is 3.76. The number of hydrogen-bond donors (Lipinski definition) is 3. The van der Waals surface area contributed by atoms with Gasteiger partial charge in [0.2, 0.25) is 0 Å². The van der Waals surface area contributed by atoms with Gasteiger partial charge in [-0.15, -0.1) is 10.2 Å². The predicted molar refractivity (Wildman–Crippen MR) is 67.3 cm³/mol. The van der Waals surface area contributed by atoms with Gasteiger partial charge in [0.05, 0.1) is 12.1 Å². The third-order valence-electron chi connectivity index (χ3n) is 3.38. The first kappa shape index (κ1) is 12.8. The van der Waals surface area contributed by atoms with Crippen LogP contribution in [0, 0.1) is 0 Å². The normalized spacial score (nSPS) is 17.4. The van der Waals surface area contributed by atoms with Gasteiger partial charge in [-0.05, 0) is 25.0 Å². The van der Waals surface area contributed by atoms with E-state index in [4.69, 9.17) is 0 Å². The van der Waals surface area contributed by atoms with Gasteiger partial charge in [-0.2, -0.15) is 0 Å². The van der Waals surface area contributed by atoms with E-state index in [-0.39, 0.29) is 23.7 Å². The molecule has 1 amide bonds. The van der Waals surface area contributed by atoms with Crippen molar-refractivity contribution in [3.05, 3.63) is 17.8 Å². The second kappa shape index (κ2) is 5.30. The summed E-state index contributed by atoms with van der Waals surface area (Å²) in [6, 6.07) is 3.33. The van der Waals surface area contributed by atoms with Gasteiger partial charge in [0.15, 0.2) is 5.69 Å². The van der Waals surface area contributed by atoms with E-state index in [1.807, 2.05) is 0 Å². The fourth-order valence-corrected chi connectivity index (χ4v) is 2.29. The molecule has 0 saturated heterocycles. The maximum absolute atomic E-state index is 11.3. The summed E-state index contributed by atoms with van der Waals surface area (Å²) in [5.74, 6) is 0.338. The van der Waals surface area contributed by atoms with Crippen LogP contribution in [0.5, 0.6) is 0 Å². The molecule has 98 valence electrons. The number of nitrogens with one attached hydrogen (secondary N) is 2. The molecule has 18 heavy (non-hydrogen) atoms. The Hall–Kier alpha value is -1.69. The molecule has 2 rings (SSSR count). The first-order valence-corrected chi connectivity index (χ1v) is 6.14. The van der Waals surface area contributed by atoms with E-state index in [0.29, 0.717) is 5.82 Å². The second-order valence-electron chi connectivity index (χ2n) is 4.65. The van der Waals surface area contributed by atoms with Crippen LogP contribution >= 0.6 is 0 Å². The summed E-state index contributed by atoms with van der Waals surface area (Å²) < 4.78 is 0. The largest absolute Gasteiger partial charge is 0.394 e. The fourth-order valence-electron chi connectivity index (χ4n) is 2.29. The van der Waals surface area contributed by atoms with E-state index in [1.54, 1.807) is 19.2 Å². The first-order chi connectivity index (χ1) is 8.69. The van der Waals surface area contributed by atoms with Gasteiger partial charge in [0.1, 0.15) is 5.82 Å². The van der Waals surface area contributed by atoms with Crippen molar-refractivity contribution in [3.8, 4) is 0 Å². The van der Waals surface area contributed by atoms with Gasteiger partial charge in [-0.3, -0.25) is 4.79 Å². The van der Waals surface area contributed by atoms with Crippen molar-refractivity contribution in [2.45, 2.75) is 31.2 Å². The minimum absolute atomic E-state index is 0.0892. The third kappa shape index (κ3) is 2.59. The highest BCUT2D eigenvalue weighted by molar-refractivity contribution is 5.91. The molecule has 6 heteroatoms. The summed E-state index contributed by atoms with van der Waals surface area (Å²) in [5, 5.41) is 23.0. The molecule has 0 bridgehead atoms. The Morgan fingerprint density at radius 3 is 2.61 bits per heavy atom. The lowest BCUT2D eigenvalue weighted by Gasteiger charge is -2.28. The molecule has 1 aromatic heterocycles. The molecule has 1 aromatic rings. The molecule has 1 aliphatic rings. The van der Waals surface area contributed by atoms with Gasteiger partial charge in [-0.25, -0.2) is 0 Å². The van der Waals surface area contributed by atoms with Gasteiger partial charge in [0, 0.05) is 7.05 Å². The van der Waals surface area contributed by atoms with Crippen LogP contribution in [0.1, 0.15) is 36.2 Å². The molecule has 1 saturated carbocycles. The van der Waals surface area contributed by atoms with Gasteiger partial charge < -0.3 is 15.7 Å². The van der Waals surface area contributed by atoms with Crippen molar-refractivity contribution in [2.75, 3.05) is 19.0 Å². The van der Waals surface area contributed by atoms with Crippen LogP contribution in [0.25, 0.3) is 0 Å². The van der Waals surface area contributed by atoms with Crippen LogP contribution in [-0.4, -0.2) is 40.4 Å². The summed E-state index contributed by atoms with van der Waals surface area (Å²) in [6.07, 6.45) is 4.08. The number of aliphatic hydroxyl groups is 1. The quantitative estimate of drug-likeness (QED) is 0.726. The maximum Gasteiger partial charge on any atom is 0.271 e. The number of aliphatic hydroxyl groups excluding tert-OH is 1. The molecule has 0 radical (unpaired) electrons. The van der Waals surface area contributed by atoms with E-state index in [0.717, 1.165) is 25.7 Å². The molecule has 1 fully saturated rings. The average Bonchev–Trinajstić information content (AvgIpc) is 2.88. The molecule has 3 N–H and O–H groups in total. The summed E-state index contributed by atoms with van der Waals surface area (Å²) in [6.45, 7) is 0.0892. The van der Waals surface area contributed by atoms with Crippen molar-refractivity contribution in [3.63, 3.8) is 0 Å². The summed E-state index contributed by atoms with van der Waals surface area (Å²) in [7, 11) is 1.55. The summed E-state index contributed by atoms with van der Waals surface area (Å²) in [4.78, 5) is 11.3. The number of anilines is 1. The van der Waals surface area contributed by atoms with Crippen LogP contribution in [0.3, 0.4) is 0 Å². The standard InChI is InChI=1S/C12H18N4O2/c1-13-11(18)9-4-5-10(16-15-9)14-12(8-17)6-2-3-7-12/h4-5,17H,2-3,6-8H2,1H3,(H,13,18)(H,14,16). The molecule has 0 aromatic carbocycles. The lowest BCUT2D eigenvalue weighted by molar-refractivity contribution is 0.0957. The van der Waals surface area contributed by atoms with Crippen molar-refractivity contribution in [2.24, 2.45) is 0 Å². The smallest absolute Gasteiger partial charge is 0.271 e. The average molecular weight is 250 g/mol. The molecular weight excluding hydrogens is 232 g/mol. The van der Waals surface area contributed by atoms with Crippen LogP contribution in [0.4, 0.5) is 5.82 Å². The van der Waals surface area contributed by atoms with Gasteiger partial charge in [0.25, 0.3) is 5.91 Å². The number of aromatic nitrogens is 2. The van der Waals surface area contributed by atoms with Crippen LogP contribution < -0.4 is 10.6 Å². The Morgan fingerprint density at radius 1 is 1.39 bits per heavy atom. The van der Waals surface area contributed by atoms with Crippen molar-refractivity contribution in [1.29, 1.82) is 0 Å². The van der Waals surface area contributed by atoms with Crippen molar-refractivity contribution < 1.29 is 9.90 Å². The Bertz CT molecular complexity index is 413. The molecular formula is C12H18N4O2. The highest BCUT2D eigenvalue weighted by Gasteiger charge is 2.33. The molecule has 0 aliphatic heterocycles. The molecule has 0 atom stereocenters. The molecule has 6 nitrogen and oxygen atoms in total. The Morgan fingerprint density at radius 2 is 2.11 bits per heavy atom. The van der Waals surface area contributed by atoms with Crippen LogP contribution in [0.2, 0.25) is 0 Å². The van der Waals surface area contributed by atoms with E-state index in [1.165, 1.54) is 0 Å². The zero-order chi connectivity index (χ0) is 13.0. The predicted octanol–water partition coefficient (Wildman–Crippen LogP) is 0.553. The second-order valence-corrected chi connectivity index (χ2v) is 4.65. The van der Waals surface area contributed by atoms with Crippen LogP contribution in [0.15, 0.2) is 12.1 Å². The van der Waals surface area contributed by atoms with Crippen LogP contribution in [-0.2, 0) is 0 Å². The third-order valence-corrected chi connectivity index (χ3v) is 3.38. The Labute approximate surface area is 106 Å². The minimum atomic E-state index is -0.275. The zero-order valence-corrected chi connectivity index (χ0v) is 10.4. The Balaban J connectivity index is 2.08. The molecule has 1 aliphatic carbocycles. The number of hydrogen-bond acceptors (Lipinski definition) is 5. The first-order valence-electron chi connectivity index (χ1n) is 6.14. The summed E-state index contributed by atoms with van der Waals surface area (Å²) in [5.41, 5.74) is 0.0101. The number of amides is 1. The molecule has 1 heterocycles. The lowest BCUT2D eigenvalue weighted by Crippen LogP contribution is -2.39. The van der Waals surface area contributed by atoms with Gasteiger partial charge >= 0.3 is 0 Å². The number of carbonyl (C=O) groups is 1. The van der Waals surface area contributed by atoms with Crippen molar-refractivity contribution in [1.82, 2.24) is 15.5 Å². The van der Waals surface area contributed by atoms with E-state index in [2.05, 4.69) is 20.8 Å². The number of rotatable bonds is 4. The minimum Gasteiger partial charge on any atom is -0.394 e. The number of carbonyl (C=O) groups excluding carboxylic acids is 1. The highest BCUT2D eigenvalue weighted by atomic mass is 16.3. The van der Waals surface area contributed by atoms with Crippen molar-refractivity contribution >= 4 is 11.7 Å². The van der Waals surface area contributed by atoms with Gasteiger partial charge in [-0.1, -0.05) is 12.8 Å². The zero-order valence-electron chi connectivity index (χ0n) is 10.4. The SMILES string of the molecule is CNC(=O)c1ccc(NC2(CO)CCCC2)nn1. The number of nitrogens with zero attached hydrogens (tertiary/aromatic N) is 2.